The van der Waals surface area contributed by atoms with E-state index in [-0.39, 0.29) is 5.92 Å². The molecule has 0 aliphatic carbocycles. The van der Waals surface area contributed by atoms with Gasteiger partial charge in [-0.05, 0) is 19.3 Å². The number of carboxylic acids is 1. The van der Waals surface area contributed by atoms with E-state index in [9.17, 15) is 4.79 Å². The zero-order valence-corrected chi connectivity index (χ0v) is 10.8. The van der Waals surface area contributed by atoms with Crippen LogP contribution in [0.2, 0.25) is 0 Å². The molecule has 1 fully saturated rings. The van der Waals surface area contributed by atoms with Gasteiger partial charge in [-0.1, -0.05) is 13.3 Å². The summed E-state index contributed by atoms with van der Waals surface area (Å²) >= 11 is 1.32. The zero-order chi connectivity index (χ0) is 12.3. The van der Waals surface area contributed by atoms with Crippen LogP contribution in [0.3, 0.4) is 0 Å². The molecular weight excluding hydrogens is 238 g/mol. The Kier molecular flexibility index (Phi) is 4.12. The topological polar surface area (TPSA) is 59.4 Å². The van der Waals surface area contributed by atoms with Crippen molar-refractivity contribution in [2.45, 2.75) is 38.5 Å². The summed E-state index contributed by atoms with van der Waals surface area (Å²) in [7, 11) is 0. The molecule has 1 unspecified atom stereocenters. The lowest BCUT2D eigenvalue weighted by atomic mass is 10.0. The van der Waals surface area contributed by atoms with Crippen molar-refractivity contribution in [1.29, 1.82) is 0 Å². The average Bonchev–Trinajstić information content (AvgIpc) is 2.75. The number of hydrogen-bond donors (Lipinski definition) is 1. The van der Waals surface area contributed by atoms with Gasteiger partial charge in [0.2, 0.25) is 0 Å². The van der Waals surface area contributed by atoms with E-state index in [4.69, 9.17) is 9.84 Å². The minimum Gasteiger partial charge on any atom is -0.477 e. The summed E-state index contributed by atoms with van der Waals surface area (Å²) in [4.78, 5) is 16.0. The monoisotopic (exact) mass is 255 g/mol. The molecule has 0 saturated carbocycles. The van der Waals surface area contributed by atoms with Crippen LogP contribution in [0.5, 0.6) is 0 Å². The molecule has 5 heteroatoms. The maximum atomic E-state index is 11.1. The summed E-state index contributed by atoms with van der Waals surface area (Å²) in [5.41, 5.74) is 0.741. The molecule has 1 N–H and O–H groups in total. The first-order valence-electron chi connectivity index (χ1n) is 6.03. The summed E-state index contributed by atoms with van der Waals surface area (Å²) in [6.07, 6.45) is 3.75. The predicted molar refractivity (Wildman–Crippen MR) is 65.9 cm³/mol. The molecule has 2 heterocycles. The van der Waals surface area contributed by atoms with Crippen LogP contribution in [0.25, 0.3) is 0 Å². The normalized spacial score (nSPS) is 20.4. The molecule has 4 nitrogen and oxygen atoms in total. The fraction of sp³-hybridized carbons (Fsp3) is 0.667. The van der Waals surface area contributed by atoms with Crippen molar-refractivity contribution in [3.63, 3.8) is 0 Å². The Labute approximate surface area is 105 Å². The van der Waals surface area contributed by atoms with E-state index in [2.05, 4.69) is 4.98 Å². The molecule has 0 aromatic carbocycles. The van der Waals surface area contributed by atoms with E-state index >= 15 is 0 Å². The summed E-state index contributed by atoms with van der Waals surface area (Å²) in [5.74, 6) is -0.564. The number of ether oxygens (including phenoxy) is 1. The highest BCUT2D eigenvalue weighted by Crippen LogP contribution is 2.31. The lowest BCUT2D eigenvalue weighted by Gasteiger charge is -2.19. The molecule has 1 aliphatic rings. The van der Waals surface area contributed by atoms with Gasteiger partial charge in [0, 0.05) is 12.5 Å². The van der Waals surface area contributed by atoms with Crippen LogP contribution < -0.4 is 0 Å². The molecule has 1 aromatic rings. The molecule has 94 valence electrons. The van der Waals surface area contributed by atoms with E-state index in [1.165, 1.54) is 11.3 Å². The third-order valence-corrected chi connectivity index (χ3v) is 4.15. The lowest BCUT2D eigenvalue weighted by molar-refractivity contribution is 0.0700. The third kappa shape index (κ3) is 2.84. The summed E-state index contributed by atoms with van der Waals surface area (Å²) in [5, 5.41) is 10.1. The highest BCUT2D eigenvalue weighted by molar-refractivity contribution is 7.13. The molecule has 1 aliphatic heterocycles. The van der Waals surface area contributed by atoms with Crippen molar-refractivity contribution in [3.8, 4) is 0 Å². The van der Waals surface area contributed by atoms with Gasteiger partial charge in [0.1, 0.15) is 4.88 Å². The molecule has 17 heavy (non-hydrogen) atoms. The van der Waals surface area contributed by atoms with Gasteiger partial charge in [-0.3, -0.25) is 0 Å². The SMILES string of the molecule is CCCc1nc(C2CCCOC2)sc1C(=O)O. The second-order valence-electron chi connectivity index (χ2n) is 4.30. The van der Waals surface area contributed by atoms with Crippen LogP contribution in [0.1, 0.15) is 52.5 Å². The maximum absolute atomic E-state index is 11.1. The second kappa shape index (κ2) is 5.60. The van der Waals surface area contributed by atoms with Gasteiger partial charge in [-0.25, -0.2) is 9.78 Å². The van der Waals surface area contributed by atoms with Crippen LogP contribution in [-0.4, -0.2) is 29.3 Å². The Hall–Kier alpha value is -0.940. The van der Waals surface area contributed by atoms with Gasteiger partial charge in [-0.2, -0.15) is 0 Å². The Morgan fingerprint density at radius 2 is 2.47 bits per heavy atom. The van der Waals surface area contributed by atoms with Crippen molar-refractivity contribution < 1.29 is 14.6 Å². The molecule has 1 saturated heterocycles. The van der Waals surface area contributed by atoms with E-state index < -0.39 is 5.97 Å². The number of rotatable bonds is 4. The first-order valence-corrected chi connectivity index (χ1v) is 6.84. The van der Waals surface area contributed by atoms with Crippen LogP contribution in [0.4, 0.5) is 0 Å². The fourth-order valence-corrected chi connectivity index (χ4v) is 3.12. The van der Waals surface area contributed by atoms with E-state index in [0.29, 0.717) is 11.5 Å². The first-order chi connectivity index (χ1) is 8.22. The number of aryl methyl sites for hydroxylation is 1. The average molecular weight is 255 g/mol. The predicted octanol–water partition coefficient (Wildman–Crippen LogP) is 2.69. The quantitative estimate of drug-likeness (QED) is 0.898. The van der Waals surface area contributed by atoms with Gasteiger partial charge in [0.05, 0.1) is 17.3 Å². The van der Waals surface area contributed by atoms with Crippen LogP contribution >= 0.6 is 11.3 Å². The Bertz CT molecular complexity index is 396. The smallest absolute Gasteiger partial charge is 0.347 e. The van der Waals surface area contributed by atoms with Gasteiger partial charge < -0.3 is 9.84 Å². The number of thiazole rings is 1. The molecule has 0 spiro atoms. The number of aromatic carboxylic acids is 1. The Balaban J connectivity index is 2.22. The lowest BCUT2D eigenvalue weighted by Crippen LogP contribution is -2.15. The second-order valence-corrected chi connectivity index (χ2v) is 5.33. The van der Waals surface area contributed by atoms with Crippen molar-refractivity contribution in [3.05, 3.63) is 15.6 Å². The van der Waals surface area contributed by atoms with Gasteiger partial charge >= 0.3 is 5.97 Å². The number of hydrogen-bond acceptors (Lipinski definition) is 4. The van der Waals surface area contributed by atoms with Crippen molar-refractivity contribution >= 4 is 17.3 Å². The van der Waals surface area contributed by atoms with Crippen LogP contribution in [-0.2, 0) is 11.2 Å². The van der Waals surface area contributed by atoms with E-state index in [1.807, 2.05) is 6.92 Å². The molecule has 0 radical (unpaired) electrons. The van der Waals surface area contributed by atoms with Crippen LogP contribution in [0.15, 0.2) is 0 Å². The largest absolute Gasteiger partial charge is 0.477 e. The van der Waals surface area contributed by atoms with Gasteiger partial charge in [-0.15, -0.1) is 11.3 Å². The van der Waals surface area contributed by atoms with Crippen molar-refractivity contribution in [2.75, 3.05) is 13.2 Å². The highest BCUT2D eigenvalue weighted by atomic mass is 32.1. The number of nitrogens with zero attached hydrogens (tertiary/aromatic N) is 1. The number of carbonyl (C=O) groups is 1. The Morgan fingerprint density at radius 3 is 3.06 bits per heavy atom. The molecular formula is C12H17NO3S. The third-order valence-electron chi connectivity index (χ3n) is 2.90. The van der Waals surface area contributed by atoms with E-state index in [0.717, 1.165) is 43.0 Å². The van der Waals surface area contributed by atoms with Gasteiger partial charge in [0.25, 0.3) is 0 Å². The molecule has 0 bridgehead atoms. The Morgan fingerprint density at radius 1 is 1.65 bits per heavy atom. The minimum absolute atomic E-state index is 0.289. The standard InChI is InChI=1S/C12H17NO3S/c1-2-4-9-10(12(14)15)17-11(13-9)8-5-3-6-16-7-8/h8H,2-7H2,1H3,(H,14,15). The van der Waals surface area contributed by atoms with Crippen molar-refractivity contribution in [2.24, 2.45) is 0 Å². The molecule has 0 amide bonds. The maximum Gasteiger partial charge on any atom is 0.347 e. The summed E-state index contributed by atoms with van der Waals surface area (Å²) < 4.78 is 5.43. The zero-order valence-electron chi connectivity index (χ0n) is 9.94. The van der Waals surface area contributed by atoms with E-state index in [1.54, 1.807) is 0 Å². The van der Waals surface area contributed by atoms with Crippen molar-refractivity contribution in [1.82, 2.24) is 4.98 Å². The number of aromatic nitrogens is 1. The molecule has 1 atom stereocenters. The summed E-state index contributed by atoms with van der Waals surface area (Å²) in [6.45, 7) is 3.53. The van der Waals surface area contributed by atoms with Gasteiger partial charge in [0.15, 0.2) is 0 Å². The first kappa shape index (κ1) is 12.5. The fourth-order valence-electron chi connectivity index (χ4n) is 2.05. The molecule has 1 aromatic heterocycles. The molecule has 2 rings (SSSR count). The van der Waals surface area contributed by atoms with Crippen LogP contribution in [0, 0.1) is 0 Å². The highest BCUT2D eigenvalue weighted by Gasteiger charge is 2.23. The minimum atomic E-state index is -0.853. The number of carboxylic acid groups (broad SMARTS) is 1. The summed E-state index contributed by atoms with van der Waals surface area (Å²) in [6, 6.07) is 0.